The van der Waals surface area contributed by atoms with Gasteiger partial charge in [0.1, 0.15) is 0 Å². The van der Waals surface area contributed by atoms with E-state index in [0.717, 1.165) is 30.4 Å². The van der Waals surface area contributed by atoms with Crippen molar-refractivity contribution < 1.29 is 9.21 Å². The van der Waals surface area contributed by atoms with Gasteiger partial charge in [0.2, 0.25) is 11.8 Å². The Bertz CT molecular complexity index is 1090. The molecule has 0 spiro atoms. The number of amides is 1. The Morgan fingerprint density at radius 2 is 1.67 bits per heavy atom. The van der Waals surface area contributed by atoms with Crippen LogP contribution < -0.4 is 0 Å². The predicted octanol–water partition coefficient (Wildman–Crippen LogP) is 4.84. The van der Waals surface area contributed by atoms with E-state index in [9.17, 15) is 4.79 Å². The monoisotopic (exact) mass is 419 g/mol. The fraction of sp³-hybridized carbons (Fsp3) is 0.292. The SMILES string of the molecule is Cc1nnc([C@H]2CC[C@@H](N(C)C(=O)c3ccc(C#Cc4ccc(Cl)cc4)cc3)C2)o1. The Morgan fingerprint density at radius 3 is 2.27 bits per heavy atom. The van der Waals surface area contributed by atoms with E-state index >= 15 is 0 Å². The highest BCUT2D eigenvalue weighted by atomic mass is 35.5. The van der Waals surface area contributed by atoms with Crippen LogP contribution in [0.15, 0.2) is 52.9 Å². The summed E-state index contributed by atoms with van der Waals surface area (Å²) in [5, 5.41) is 8.74. The number of rotatable bonds is 3. The molecule has 0 aliphatic heterocycles. The van der Waals surface area contributed by atoms with Gasteiger partial charge < -0.3 is 9.32 Å². The first-order valence-corrected chi connectivity index (χ1v) is 10.3. The maximum atomic E-state index is 12.9. The largest absolute Gasteiger partial charge is 0.425 e. The van der Waals surface area contributed by atoms with Crippen LogP contribution in [-0.4, -0.2) is 34.1 Å². The molecule has 0 N–H and O–H groups in total. The maximum absolute atomic E-state index is 12.9. The normalized spacial score (nSPS) is 18.0. The van der Waals surface area contributed by atoms with Gasteiger partial charge in [0, 0.05) is 47.6 Å². The first-order chi connectivity index (χ1) is 14.5. The van der Waals surface area contributed by atoms with Crippen molar-refractivity contribution in [2.24, 2.45) is 0 Å². The summed E-state index contributed by atoms with van der Waals surface area (Å²) in [5.41, 5.74) is 2.41. The Morgan fingerprint density at radius 1 is 1.03 bits per heavy atom. The van der Waals surface area contributed by atoms with E-state index in [1.54, 1.807) is 6.92 Å². The van der Waals surface area contributed by atoms with Crippen LogP contribution in [0, 0.1) is 18.8 Å². The minimum absolute atomic E-state index is 0.0135. The Balaban J connectivity index is 1.39. The summed E-state index contributed by atoms with van der Waals surface area (Å²) >= 11 is 5.89. The Kier molecular flexibility index (Phi) is 5.87. The molecule has 1 fully saturated rings. The number of halogens is 1. The lowest BCUT2D eigenvalue weighted by molar-refractivity contribution is 0.0733. The van der Waals surface area contributed by atoms with E-state index in [1.807, 2.05) is 60.5 Å². The highest BCUT2D eigenvalue weighted by molar-refractivity contribution is 6.30. The molecule has 1 aliphatic carbocycles. The quantitative estimate of drug-likeness (QED) is 0.570. The lowest BCUT2D eigenvalue weighted by Gasteiger charge is -2.24. The number of hydrogen-bond acceptors (Lipinski definition) is 4. The fourth-order valence-electron chi connectivity index (χ4n) is 3.75. The van der Waals surface area contributed by atoms with Gasteiger partial charge in [0.25, 0.3) is 5.91 Å². The van der Waals surface area contributed by atoms with E-state index in [0.29, 0.717) is 22.4 Å². The predicted molar refractivity (Wildman–Crippen MR) is 115 cm³/mol. The molecule has 1 amide bonds. The summed E-state index contributed by atoms with van der Waals surface area (Å²) in [6, 6.07) is 15.0. The van der Waals surface area contributed by atoms with Gasteiger partial charge in [0.15, 0.2) is 0 Å². The summed E-state index contributed by atoms with van der Waals surface area (Å²) in [5.74, 6) is 7.71. The van der Waals surface area contributed by atoms with E-state index in [4.69, 9.17) is 16.0 Å². The van der Waals surface area contributed by atoms with Gasteiger partial charge in [-0.05, 0) is 67.8 Å². The highest BCUT2D eigenvalue weighted by Gasteiger charge is 2.33. The molecule has 1 heterocycles. The van der Waals surface area contributed by atoms with Gasteiger partial charge >= 0.3 is 0 Å². The van der Waals surface area contributed by atoms with Crippen LogP contribution in [0.3, 0.4) is 0 Å². The van der Waals surface area contributed by atoms with E-state index in [1.165, 1.54) is 0 Å². The van der Waals surface area contributed by atoms with Crippen molar-refractivity contribution in [1.82, 2.24) is 15.1 Å². The Labute approximate surface area is 181 Å². The highest BCUT2D eigenvalue weighted by Crippen LogP contribution is 2.36. The lowest BCUT2D eigenvalue weighted by Crippen LogP contribution is -2.35. The zero-order valence-electron chi connectivity index (χ0n) is 16.9. The lowest BCUT2D eigenvalue weighted by atomic mass is 10.1. The van der Waals surface area contributed by atoms with Crippen LogP contribution in [-0.2, 0) is 0 Å². The van der Waals surface area contributed by atoms with Crippen molar-refractivity contribution >= 4 is 17.5 Å². The first kappa shape index (κ1) is 20.2. The van der Waals surface area contributed by atoms with E-state index in [-0.39, 0.29) is 17.9 Å². The van der Waals surface area contributed by atoms with Crippen molar-refractivity contribution in [2.75, 3.05) is 7.05 Å². The molecule has 1 aromatic heterocycles. The van der Waals surface area contributed by atoms with Gasteiger partial charge in [-0.1, -0.05) is 23.4 Å². The topological polar surface area (TPSA) is 59.2 Å². The van der Waals surface area contributed by atoms with Crippen LogP contribution in [0.2, 0.25) is 5.02 Å². The zero-order chi connectivity index (χ0) is 21.1. The molecule has 30 heavy (non-hydrogen) atoms. The van der Waals surface area contributed by atoms with Crippen molar-refractivity contribution in [3.05, 3.63) is 82.0 Å². The van der Waals surface area contributed by atoms with Crippen LogP contribution in [0.5, 0.6) is 0 Å². The van der Waals surface area contributed by atoms with Crippen molar-refractivity contribution in [3.63, 3.8) is 0 Å². The molecule has 5 nitrogen and oxygen atoms in total. The van der Waals surface area contributed by atoms with Crippen LogP contribution in [0.1, 0.15) is 58.4 Å². The number of aryl methyl sites for hydroxylation is 1. The molecule has 3 aromatic rings. The van der Waals surface area contributed by atoms with Gasteiger partial charge in [0.05, 0.1) is 0 Å². The molecule has 1 saturated carbocycles. The summed E-state index contributed by atoms with van der Waals surface area (Å²) in [7, 11) is 1.86. The van der Waals surface area contributed by atoms with Crippen LogP contribution in [0.25, 0.3) is 0 Å². The second-order valence-corrected chi connectivity index (χ2v) is 8.01. The molecule has 152 valence electrons. The van der Waals surface area contributed by atoms with E-state index in [2.05, 4.69) is 22.0 Å². The summed E-state index contributed by atoms with van der Waals surface area (Å²) in [4.78, 5) is 14.8. The first-order valence-electron chi connectivity index (χ1n) is 9.94. The molecule has 1 aliphatic rings. The summed E-state index contributed by atoms with van der Waals surface area (Å²) in [6.45, 7) is 1.79. The summed E-state index contributed by atoms with van der Waals surface area (Å²) in [6.07, 6.45) is 2.72. The van der Waals surface area contributed by atoms with Crippen molar-refractivity contribution in [3.8, 4) is 11.8 Å². The zero-order valence-corrected chi connectivity index (χ0v) is 17.7. The molecular weight excluding hydrogens is 398 g/mol. The smallest absolute Gasteiger partial charge is 0.253 e. The van der Waals surface area contributed by atoms with Gasteiger partial charge in [-0.25, -0.2) is 0 Å². The average Bonchev–Trinajstić information content (AvgIpc) is 3.42. The minimum Gasteiger partial charge on any atom is -0.425 e. The molecule has 0 bridgehead atoms. The molecule has 4 rings (SSSR count). The maximum Gasteiger partial charge on any atom is 0.253 e. The average molecular weight is 420 g/mol. The number of benzene rings is 2. The van der Waals surface area contributed by atoms with Crippen molar-refractivity contribution in [2.45, 2.75) is 38.1 Å². The Hall–Kier alpha value is -3.10. The molecule has 0 saturated heterocycles. The third-order valence-corrected chi connectivity index (χ3v) is 5.74. The van der Waals surface area contributed by atoms with Crippen LogP contribution >= 0.6 is 11.6 Å². The standard InChI is InChI=1S/C24H22ClN3O2/c1-16-26-27-23(30-16)20-11-14-22(15-20)28(2)24(29)19-9-5-17(6-10-19)3-4-18-7-12-21(25)13-8-18/h5-10,12-13,20,22H,11,14-15H2,1-2H3/t20-,22+/m0/s1. The third kappa shape index (κ3) is 4.55. The second-order valence-electron chi connectivity index (χ2n) is 7.57. The molecule has 0 unspecified atom stereocenters. The third-order valence-electron chi connectivity index (χ3n) is 5.49. The van der Waals surface area contributed by atoms with Crippen molar-refractivity contribution in [1.29, 1.82) is 0 Å². The molecule has 2 aromatic carbocycles. The fourth-order valence-corrected chi connectivity index (χ4v) is 3.88. The number of carbonyl (C=O) groups excluding carboxylic acids is 1. The van der Waals surface area contributed by atoms with E-state index < -0.39 is 0 Å². The molecule has 6 heteroatoms. The molecule has 2 atom stereocenters. The number of carbonyl (C=O) groups is 1. The molecule has 0 radical (unpaired) electrons. The second kappa shape index (κ2) is 8.73. The number of aromatic nitrogens is 2. The van der Waals surface area contributed by atoms with Crippen LogP contribution in [0.4, 0.5) is 0 Å². The molecular formula is C24H22ClN3O2. The number of nitrogens with zero attached hydrogens (tertiary/aromatic N) is 3. The number of hydrogen-bond donors (Lipinski definition) is 0. The minimum atomic E-state index is 0.0135. The van der Waals surface area contributed by atoms with Gasteiger partial charge in [-0.3, -0.25) is 4.79 Å². The van der Waals surface area contributed by atoms with Gasteiger partial charge in [-0.15, -0.1) is 10.2 Å². The van der Waals surface area contributed by atoms with Gasteiger partial charge in [-0.2, -0.15) is 0 Å². The summed E-state index contributed by atoms with van der Waals surface area (Å²) < 4.78 is 5.57.